The van der Waals surface area contributed by atoms with Gasteiger partial charge in [-0.2, -0.15) is 0 Å². The SMILES string of the molecule is COc1ccccc1N1C[C@H](C(=O)N2CCN(CC(F)F)CC2)CC1=O. The fourth-order valence-electron chi connectivity index (χ4n) is 3.56. The summed E-state index contributed by atoms with van der Waals surface area (Å²) >= 11 is 0. The van der Waals surface area contributed by atoms with Crippen LogP contribution in [-0.2, 0) is 9.59 Å². The summed E-state index contributed by atoms with van der Waals surface area (Å²) in [6, 6.07) is 7.22. The number of piperazine rings is 1. The van der Waals surface area contributed by atoms with Gasteiger partial charge in [0.15, 0.2) is 0 Å². The minimum absolute atomic E-state index is 0.0764. The minimum Gasteiger partial charge on any atom is -0.495 e. The van der Waals surface area contributed by atoms with Gasteiger partial charge in [-0.15, -0.1) is 0 Å². The third-order valence-electron chi connectivity index (χ3n) is 4.93. The highest BCUT2D eigenvalue weighted by Gasteiger charge is 2.38. The van der Waals surface area contributed by atoms with Crippen molar-refractivity contribution in [2.24, 2.45) is 5.92 Å². The van der Waals surface area contributed by atoms with Crippen molar-refractivity contribution in [2.75, 3.05) is 51.3 Å². The Kier molecular flexibility index (Phi) is 5.70. The zero-order chi connectivity index (χ0) is 18.7. The number of carbonyl (C=O) groups excluding carboxylic acids is 2. The lowest BCUT2D eigenvalue weighted by atomic mass is 10.1. The standard InChI is InChI=1S/C18H23F2N3O3/c1-26-15-5-3-2-4-14(15)23-11-13(10-17(23)24)18(25)22-8-6-21(7-9-22)12-16(19)20/h2-5,13,16H,6-12H2,1H3/t13-/m1/s1. The fourth-order valence-corrected chi connectivity index (χ4v) is 3.56. The maximum atomic E-state index is 12.8. The second kappa shape index (κ2) is 7.99. The zero-order valence-electron chi connectivity index (χ0n) is 14.7. The molecule has 2 aliphatic rings. The molecule has 26 heavy (non-hydrogen) atoms. The van der Waals surface area contributed by atoms with Crippen molar-refractivity contribution in [3.8, 4) is 5.75 Å². The number of ether oxygens (including phenoxy) is 1. The molecule has 2 fully saturated rings. The largest absolute Gasteiger partial charge is 0.495 e. The number of anilines is 1. The van der Waals surface area contributed by atoms with Crippen LogP contribution in [0.5, 0.6) is 5.75 Å². The first-order chi connectivity index (χ1) is 12.5. The van der Waals surface area contributed by atoms with Crippen molar-refractivity contribution < 1.29 is 23.1 Å². The van der Waals surface area contributed by atoms with E-state index in [1.807, 2.05) is 12.1 Å². The molecule has 0 radical (unpaired) electrons. The molecular weight excluding hydrogens is 344 g/mol. The van der Waals surface area contributed by atoms with Gasteiger partial charge in [-0.3, -0.25) is 14.5 Å². The number of amides is 2. The van der Waals surface area contributed by atoms with Crippen LogP contribution >= 0.6 is 0 Å². The van der Waals surface area contributed by atoms with E-state index in [2.05, 4.69) is 0 Å². The normalized spacial score (nSPS) is 21.5. The second-order valence-electron chi connectivity index (χ2n) is 6.59. The van der Waals surface area contributed by atoms with Crippen LogP contribution in [0.2, 0.25) is 0 Å². The first-order valence-corrected chi connectivity index (χ1v) is 8.72. The molecule has 3 rings (SSSR count). The Morgan fingerprint density at radius 3 is 2.58 bits per heavy atom. The zero-order valence-corrected chi connectivity index (χ0v) is 14.7. The van der Waals surface area contributed by atoms with E-state index in [1.54, 1.807) is 33.9 Å². The summed E-state index contributed by atoms with van der Waals surface area (Å²) in [7, 11) is 1.54. The van der Waals surface area contributed by atoms with Gasteiger partial charge in [-0.25, -0.2) is 8.78 Å². The van der Waals surface area contributed by atoms with Crippen molar-refractivity contribution in [2.45, 2.75) is 12.8 Å². The number of nitrogens with zero attached hydrogens (tertiary/aromatic N) is 3. The number of rotatable bonds is 5. The van der Waals surface area contributed by atoms with Crippen LogP contribution in [0.1, 0.15) is 6.42 Å². The predicted octanol–water partition coefficient (Wildman–Crippen LogP) is 1.46. The second-order valence-corrected chi connectivity index (χ2v) is 6.59. The molecule has 0 N–H and O–H groups in total. The van der Waals surface area contributed by atoms with Crippen molar-refractivity contribution in [3.05, 3.63) is 24.3 Å². The molecule has 2 amide bonds. The summed E-state index contributed by atoms with van der Waals surface area (Å²) in [5.74, 6) is 0.000236. The molecule has 0 bridgehead atoms. The summed E-state index contributed by atoms with van der Waals surface area (Å²) in [6.45, 7) is 1.77. The van der Waals surface area contributed by atoms with Gasteiger partial charge in [0, 0.05) is 39.1 Å². The maximum Gasteiger partial charge on any atom is 0.251 e. The van der Waals surface area contributed by atoms with E-state index in [9.17, 15) is 18.4 Å². The average molecular weight is 367 g/mol. The average Bonchev–Trinajstić information content (AvgIpc) is 3.02. The highest BCUT2D eigenvalue weighted by molar-refractivity contribution is 6.01. The third kappa shape index (κ3) is 3.95. The van der Waals surface area contributed by atoms with E-state index in [0.717, 1.165) is 0 Å². The fraction of sp³-hybridized carbons (Fsp3) is 0.556. The topological polar surface area (TPSA) is 53.1 Å². The Balaban J connectivity index is 1.61. The van der Waals surface area contributed by atoms with Crippen molar-refractivity contribution >= 4 is 17.5 Å². The Labute approximate surface area is 151 Å². The monoisotopic (exact) mass is 367 g/mol. The van der Waals surface area contributed by atoms with Gasteiger partial charge in [0.05, 0.1) is 25.3 Å². The molecule has 6 nitrogen and oxygen atoms in total. The van der Waals surface area contributed by atoms with E-state index < -0.39 is 12.3 Å². The molecule has 0 aromatic heterocycles. The first kappa shape index (κ1) is 18.6. The molecule has 0 aliphatic carbocycles. The number of carbonyl (C=O) groups is 2. The Morgan fingerprint density at radius 1 is 1.23 bits per heavy atom. The van der Waals surface area contributed by atoms with E-state index in [4.69, 9.17) is 4.74 Å². The molecule has 2 heterocycles. The van der Waals surface area contributed by atoms with Crippen LogP contribution in [0, 0.1) is 5.92 Å². The predicted molar refractivity (Wildman–Crippen MR) is 92.5 cm³/mol. The van der Waals surface area contributed by atoms with Gasteiger partial charge in [0.25, 0.3) is 6.43 Å². The molecule has 8 heteroatoms. The molecule has 0 unspecified atom stereocenters. The first-order valence-electron chi connectivity index (χ1n) is 8.72. The summed E-state index contributed by atoms with van der Waals surface area (Å²) in [6.07, 6.45) is -2.20. The lowest BCUT2D eigenvalue weighted by Gasteiger charge is -2.35. The lowest BCUT2D eigenvalue weighted by molar-refractivity contribution is -0.137. The highest BCUT2D eigenvalue weighted by atomic mass is 19.3. The van der Waals surface area contributed by atoms with E-state index in [1.165, 1.54) is 0 Å². The minimum atomic E-state index is -2.36. The number of benzene rings is 1. The van der Waals surface area contributed by atoms with Crippen LogP contribution in [0.3, 0.4) is 0 Å². The van der Waals surface area contributed by atoms with Gasteiger partial charge in [0.2, 0.25) is 11.8 Å². The number of hydrogen-bond donors (Lipinski definition) is 0. The van der Waals surface area contributed by atoms with Crippen LogP contribution in [0.25, 0.3) is 0 Å². The van der Waals surface area contributed by atoms with Crippen LogP contribution < -0.4 is 9.64 Å². The maximum absolute atomic E-state index is 12.8. The lowest BCUT2D eigenvalue weighted by Crippen LogP contribution is -2.51. The summed E-state index contributed by atoms with van der Waals surface area (Å²) in [5, 5.41) is 0. The van der Waals surface area contributed by atoms with Gasteiger partial charge in [0.1, 0.15) is 5.75 Å². The molecular formula is C18H23F2N3O3. The molecule has 2 saturated heterocycles. The number of halogens is 2. The Bertz CT molecular complexity index is 663. The van der Waals surface area contributed by atoms with Crippen LogP contribution in [-0.4, -0.2) is 74.4 Å². The number of methoxy groups -OCH3 is 1. The molecule has 1 aromatic carbocycles. The van der Waals surface area contributed by atoms with Crippen molar-refractivity contribution in [1.82, 2.24) is 9.80 Å². The van der Waals surface area contributed by atoms with Crippen LogP contribution in [0.15, 0.2) is 24.3 Å². The summed E-state index contributed by atoms with van der Waals surface area (Å²) in [5.41, 5.74) is 0.664. The molecule has 0 spiro atoms. The molecule has 1 atom stereocenters. The Morgan fingerprint density at radius 2 is 1.92 bits per heavy atom. The molecule has 2 aliphatic heterocycles. The van der Waals surface area contributed by atoms with Gasteiger partial charge < -0.3 is 14.5 Å². The third-order valence-corrected chi connectivity index (χ3v) is 4.93. The number of para-hydroxylation sites is 2. The summed E-state index contributed by atoms with van der Waals surface area (Å²) < 4.78 is 30.2. The van der Waals surface area contributed by atoms with Crippen molar-refractivity contribution in [3.63, 3.8) is 0 Å². The quantitative estimate of drug-likeness (QED) is 0.791. The molecule has 0 saturated carbocycles. The molecule has 1 aromatic rings. The summed E-state index contributed by atoms with van der Waals surface area (Å²) in [4.78, 5) is 30.1. The number of hydrogen-bond acceptors (Lipinski definition) is 4. The highest BCUT2D eigenvalue weighted by Crippen LogP contribution is 2.33. The number of alkyl halides is 2. The van der Waals surface area contributed by atoms with Gasteiger partial charge in [-0.1, -0.05) is 12.1 Å². The molecule has 142 valence electrons. The smallest absolute Gasteiger partial charge is 0.251 e. The van der Waals surface area contributed by atoms with Crippen molar-refractivity contribution in [1.29, 1.82) is 0 Å². The van der Waals surface area contributed by atoms with E-state index in [-0.39, 0.29) is 24.8 Å². The Hall–Kier alpha value is -2.22. The van der Waals surface area contributed by atoms with Gasteiger partial charge >= 0.3 is 0 Å². The van der Waals surface area contributed by atoms with E-state index >= 15 is 0 Å². The van der Waals surface area contributed by atoms with Crippen LogP contribution in [0.4, 0.5) is 14.5 Å². The van der Waals surface area contributed by atoms with Gasteiger partial charge in [-0.05, 0) is 12.1 Å². The van der Waals surface area contributed by atoms with E-state index in [0.29, 0.717) is 44.2 Å².